The summed E-state index contributed by atoms with van der Waals surface area (Å²) in [6.07, 6.45) is 1.37. The Morgan fingerprint density at radius 2 is 1.68 bits per heavy atom. The van der Waals surface area contributed by atoms with E-state index in [2.05, 4.69) is 62.3 Å². The van der Waals surface area contributed by atoms with E-state index in [0.717, 1.165) is 17.1 Å². The summed E-state index contributed by atoms with van der Waals surface area (Å²) in [7, 11) is 0. The molecule has 0 unspecified atom stereocenters. The first-order chi connectivity index (χ1) is 21.3. The maximum atomic E-state index is 12.7. The molecule has 2 aromatic heterocycles. The topological polar surface area (TPSA) is 107 Å². The Morgan fingerprint density at radius 3 is 2.41 bits per heavy atom. The lowest BCUT2D eigenvalue weighted by Crippen LogP contribution is -2.21. The van der Waals surface area contributed by atoms with Gasteiger partial charge in [0.1, 0.15) is 23.9 Å². The zero-order chi connectivity index (χ0) is 31.1. The molecule has 5 aromatic rings. The minimum Gasteiger partial charge on any atom is -0.486 e. The standard InChI is InChI=1S/C33H28BrClN4O5/c1-21-8-9-22(2)39(21)26-10-12-27(13-11-26)42-19-28-14-15-30(44-28)33(41)38-36-18-23-16-24(35)17-29(34)32(23)43-20-31(40)37-25-6-4-3-5-7-25/h3-18H,19-20H2,1-2H3,(H,37,40)(H,38,41)/b36-18+. The van der Waals surface area contributed by atoms with E-state index in [1.807, 2.05) is 42.5 Å². The average Bonchev–Trinajstić information content (AvgIpc) is 3.62. The fourth-order valence-electron chi connectivity index (χ4n) is 4.40. The third-order valence-electron chi connectivity index (χ3n) is 6.44. The van der Waals surface area contributed by atoms with E-state index in [-0.39, 0.29) is 24.9 Å². The Labute approximate surface area is 267 Å². The molecule has 0 atom stereocenters. The van der Waals surface area contributed by atoms with Crippen LogP contribution >= 0.6 is 27.5 Å². The highest BCUT2D eigenvalue weighted by Gasteiger charge is 2.14. The summed E-state index contributed by atoms with van der Waals surface area (Å²) in [6, 6.07) is 27.4. The van der Waals surface area contributed by atoms with Crippen LogP contribution in [0.4, 0.5) is 5.69 Å². The quantitative estimate of drug-likeness (QED) is 0.112. The molecule has 2 N–H and O–H groups in total. The number of hydrogen-bond donors (Lipinski definition) is 2. The second-order valence-electron chi connectivity index (χ2n) is 9.71. The van der Waals surface area contributed by atoms with Crippen molar-refractivity contribution in [2.24, 2.45) is 5.10 Å². The maximum absolute atomic E-state index is 12.7. The number of hydrogen-bond acceptors (Lipinski definition) is 6. The fraction of sp³-hybridized carbons (Fsp3) is 0.121. The molecule has 5 rings (SSSR count). The molecule has 0 bridgehead atoms. The van der Waals surface area contributed by atoms with Gasteiger partial charge in [0.05, 0.1) is 10.7 Å². The predicted molar refractivity (Wildman–Crippen MR) is 173 cm³/mol. The molecule has 0 radical (unpaired) electrons. The number of nitrogens with zero attached hydrogens (tertiary/aromatic N) is 2. The normalized spacial score (nSPS) is 11.0. The van der Waals surface area contributed by atoms with E-state index in [0.29, 0.717) is 38.0 Å². The highest BCUT2D eigenvalue weighted by atomic mass is 79.9. The summed E-state index contributed by atoms with van der Waals surface area (Å²) in [5.74, 6) is 0.650. The number of benzene rings is 3. The number of rotatable bonds is 11. The summed E-state index contributed by atoms with van der Waals surface area (Å²) in [5, 5.41) is 7.18. The third-order valence-corrected chi connectivity index (χ3v) is 7.25. The minimum atomic E-state index is -0.555. The molecule has 0 spiro atoms. The number of furan rings is 1. The lowest BCUT2D eigenvalue weighted by molar-refractivity contribution is -0.118. The number of amides is 2. The second-order valence-corrected chi connectivity index (χ2v) is 11.0. The number of anilines is 1. The van der Waals surface area contributed by atoms with Crippen LogP contribution in [0.3, 0.4) is 0 Å². The molecule has 44 heavy (non-hydrogen) atoms. The minimum absolute atomic E-state index is 0.0657. The number of carbonyl (C=O) groups excluding carboxylic acids is 2. The van der Waals surface area contributed by atoms with Crippen molar-refractivity contribution in [2.45, 2.75) is 20.5 Å². The molecule has 0 aliphatic heterocycles. The van der Waals surface area contributed by atoms with Gasteiger partial charge in [0.2, 0.25) is 0 Å². The van der Waals surface area contributed by atoms with Gasteiger partial charge in [-0.05, 0) is 103 Å². The summed E-state index contributed by atoms with van der Waals surface area (Å²) in [6.45, 7) is 4.01. The first-order valence-electron chi connectivity index (χ1n) is 13.5. The van der Waals surface area contributed by atoms with Crippen LogP contribution in [-0.4, -0.2) is 29.2 Å². The third kappa shape index (κ3) is 7.77. The molecule has 11 heteroatoms. The number of ether oxygens (including phenoxy) is 2. The van der Waals surface area contributed by atoms with Crippen LogP contribution in [0.1, 0.15) is 33.3 Å². The van der Waals surface area contributed by atoms with Crippen molar-refractivity contribution in [3.63, 3.8) is 0 Å². The van der Waals surface area contributed by atoms with E-state index in [4.69, 9.17) is 25.5 Å². The Bertz CT molecular complexity index is 1780. The van der Waals surface area contributed by atoms with Gasteiger partial charge >= 0.3 is 5.91 Å². The van der Waals surface area contributed by atoms with E-state index in [9.17, 15) is 9.59 Å². The van der Waals surface area contributed by atoms with Crippen molar-refractivity contribution in [3.05, 3.63) is 129 Å². The van der Waals surface area contributed by atoms with Gasteiger partial charge in [-0.15, -0.1) is 0 Å². The predicted octanol–water partition coefficient (Wildman–Crippen LogP) is 7.46. The molecule has 0 fully saturated rings. The lowest BCUT2D eigenvalue weighted by Gasteiger charge is -2.12. The Morgan fingerprint density at radius 1 is 0.955 bits per heavy atom. The molecule has 2 amide bonds. The van der Waals surface area contributed by atoms with E-state index in [1.54, 1.807) is 36.4 Å². The number of carbonyl (C=O) groups is 2. The second kappa shape index (κ2) is 14.1. The van der Waals surface area contributed by atoms with Crippen LogP contribution in [0.25, 0.3) is 5.69 Å². The van der Waals surface area contributed by atoms with Crippen molar-refractivity contribution in [1.29, 1.82) is 0 Å². The molecule has 9 nitrogen and oxygen atoms in total. The van der Waals surface area contributed by atoms with Gasteiger partial charge in [-0.1, -0.05) is 29.8 Å². The highest BCUT2D eigenvalue weighted by molar-refractivity contribution is 9.10. The number of aryl methyl sites for hydroxylation is 2. The SMILES string of the molecule is Cc1ccc(C)n1-c1ccc(OCc2ccc(C(=O)N/N=C/c3cc(Cl)cc(Br)c3OCC(=O)Nc3ccccc3)o2)cc1. The number of para-hydroxylation sites is 1. The Kier molecular flexibility index (Phi) is 9.83. The van der Waals surface area contributed by atoms with Gasteiger partial charge in [-0.3, -0.25) is 9.59 Å². The Balaban J connectivity index is 1.15. The average molecular weight is 676 g/mol. The number of aromatic nitrogens is 1. The van der Waals surface area contributed by atoms with Crippen molar-refractivity contribution in [2.75, 3.05) is 11.9 Å². The fourth-order valence-corrected chi connectivity index (χ4v) is 5.35. The van der Waals surface area contributed by atoms with Crippen LogP contribution in [0.2, 0.25) is 5.02 Å². The molecule has 2 heterocycles. The van der Waals surface area contributed by atoms with Crippen LogP contribution in [0, 0.1) is 13.8 Å². The van der Waals surface area contributed by atoms with Crippen molar-refractivity contribution < 1.29 is 23.5 Å². The van der Waals surface area contributed by atoms with Gasteiger partial charge in [0.15, 0.2) is 12.4 Å². The smallest absolute Gasteiger partial charge is 0.307 e. The number of nitrogens with one attached hydrogen (secondary N) is 2. The van der Waals surface area contributed by atoms with Crippen LogP contribution in [-0.2, 0) is 11.4 Å². The van der Waals surface area contributed by atoms with Gasteiger partial charge in [-0.2, -0.15) is 5.10 Å². The molecule has 0 saturated carbocycles. The van der Waals surface area contributed by atoms with Gasteiger partial charge < -0.3 is 23.8 Å². The summed E-state index contributed by atoms with van der Waals surface area (Å²) >= 11 is 9.61. The van der Waals surface area contributed by atoms with Crippen molar-refractivity contribution in [1.82, 2.24) is 9.99 Å². The maximum Gasteiger partial charge on any atom is 0.307 e. The van der Waals surface area contributed by atoms with Gasteiger partial charge in [0.25, 0.3) is 5.91 Å². The molecule has 0 aliphatic carbocycles. The molecule has 224 valence electrons. The molecular formula is C33H28BrClN4O5. The largest absolute Gasteiger partial charge is 0.486 e. The monoisotopic (exact) mass is 674 g/mol. The zero-order valence-electron chi connectivity index (χ0n) is 23.8. The van der Waals surface area contributed by atoms with E-state index < -0.39 is 5.91 Å². The zero-order valence-corrected chi connectivity index (χ0v) is 26.2. The number of hydrazone groups is 1. The van der Waals surface area contributed by atoms with Crippen LogP contribution in [0.15, 0.2) is 105 Å². The molecule has 3 aromatic carbocycles. The summed E-state index contributed by atoms with van der Waals surface area (Å²) < 4.78 is 19.9. The van der Waals surface area contributed by atoms with E-state index >= 15 is 0 Å². The van der Waals surface area contributed by atoms with Crippen LogP contribution in [0.5, 0.6) is 11.5 Å². The molecule has 0 saturated heterocycles. The van der Waals surface area contributed by atoms with Crippen molar-refractivity contribution in [3.8, 4) is 17.2 Å². The number of halogens is 2. The van der Waals surface area contributed by atoms with Gasteiger partial charge in [-0.25, -0.2) is 5.43 Å². The first kappa shape index (κ1) is 30.7. The first-order valence-corrected chi connectivity index (χ1v) is 14.7. The van der Waals surface area contributed by atoms with Crippen LogP contribution < -0.4 is 20.2 Å². The highest BCUT2D eigenvalue weighted by Crippen LogP contribution is 2.32. The van der Waals surface area contributed by atoms with Crippen molar-refractivity contribution >= 4 is 51.2 Å². The van der Waals surface area contributed by atoms with E-state index in [1.165, 1.54) is 6.21 Å². The summed E-state index contributed by atoms with van der Waals surface area (Å²) in [5.41, 5.74) is 6.88. The molecular weight excluding hydrogens is 648 g/mol. The summed E-state index contributed by atoms with van der Waals surface area (Å²) in [4.78, 5) is 25.0. The molecule has 0 aliphatic rings. The van der Waals surface area contributed by atoms with Gasteiger partial charge in [0, 0.05) is 33.3 Å². The Hall–Kier alpha value is -4.80. The lowest BCUT2D eigenvalue weighted by atomic mass is 10.2.